The zero-order valence-corrected chi connectivity index (χ0v) is 14.3. The van der Waals surface area contributed by atoms with Crippen LogP contribution in [0.15, 0.2) is 30.3 Å². The van der Waals surface area contributed by atoms with Crippen LogP contribution in [-0.2, 0) is 6.42 Å². The Kier molecular flexibility index (Phi) is 7.49. The second kappa shape index (κ2) is 9.61. The molecular formula is C18H29N3O3. The number of carbonyl (C=O) groups is 1. The van der Waals surface area contributed by atoms with Gasteiger partial charge in [0.2, 0.25) is 0 Å². The normalized spacial score (nSPS) is 20.7. The van der Waals surface area contributed by atoms with E-state index in [9.17, 15) is 9.90 Å². The summed E-state index contributed by atoms with van der Waals surface area (Å²) in [6, 6.07) is 9.71. The van der Waals surface area contributed by atoms with Gasteiger partial charge in [0, 0.05) is 12.6 Å². The molecule has 1 fully saturated rings. The first-order chi connectivity index (χ1) is 11.6. The van der Waals surface area contributed by atoms with Crippen molar-refractivity contribution in [2.45, 2.75) is 43.9 Å². The highest BCUT2D eigenvalue weighted by atomic mass is 16.4. The summed E-state index contributed by atoms with van der Waals surface area (Å²) >= 11 is 0. The lowest BCUT2D eigenvalue weighted by Gasteiger charge is -2.24. The topological polar surface area (TPSA) is 84.8 Å². The molecule has 1 unspecified atom stereocenters. The van der Waals surface area contributed by atoms with Crippen molar-refractivity contribution in [3.8, 4) is 0 Å². The second-order valence-corrected chi connectivity index (χ2v) is 6.58. The average Bonchev–Trinajstić information content (AvgIpc) is 2.96. The van der Waals surface area contributed by atoms with Crippen LogP contribution in [0.25, 0.3) is 0 Å². The molecule has 2 rings (SSSR count). The summed E-state index contributed by atoms with van der Waals surface area (Å²) < 4.78 is 0. The number of aliphatic hydroxyl groups is 1. The monoisotopic (exact) mass is 335 g/mol. The van der Waals surface area contributed by atoms with Crippen molar-refractivity contribution in [2.24, 2.45) is 0 Å². The maximum atomic E-state index is 11.0. The molecule has 6 nitrogen and oxygen atoms in total. The standard InChI is InChI=1S/C18H29N3O3/c1-21-11-5-8-15(21)9-10-19-13-17(22)16(20-18(23)24)12-14-6-3-2-4-7-14/h2-4,6-7,15-17,19-20,22H,5,8-13H2,1H3,(H,23,24)/t15?,16-,17-/m0/s1. The van der Waals surface area contributed by atoms with Crippen molar-refractivity contribution >= 4 is 6.09 Å². The molecule has 134 valence electrons. The van der Waals surface area contributed by atoms with E-state index in [1.165, 1.54) is 12.8 Å². The van der Waals surface area contributed by atoms with Gasteiger partial charge in [-0.3, -0.25) is 0 Å². The van der Waals surface area contributed by atoms with Gasteiger partial charge in [-0.1, -0.05) is 30.3 Å². The van der Waals surface area contributed by atoms with E-state index in [2.05, 4.69) is 22.6 Å². The Labute approximate surface area is 143 Å². The van der Waals surface area contributed by atoms with Crippen LogP contribution in [0.5, 0.6) is 0 Å². The Balaban J connectivity index is 1.76. The summed E-state index contributed by atoms with van der Waals surface area (Å²) in [5, 5.41) is 25.1. The van der Waals surface area contributed by atoms with Gasteiger partial charge in [0.05, 0.1) is 12.1 Å². The van der Waals surface area contributed by atoms with Gasteiger partial charge in [0.25, 0.3) is 0 Å². The highest BCUT2D eigenvalue weighted by molar-refractivity contribution is 5.65. The number of likely N-dealkylation sites (tertiary alicyclic amines) is 1. The first kappa shape index (κ1) is 18.7. The van der Waals surface area contributed by atoms with Gasteiger partial charge >= 0.3 is 6.09 Å². The molecule has 0 aliphatic carbocycles. The molecule has 1 aromatic rings. The van der Waals surface area contributed by atoms with Gasteiger partial charge in [-0.25, -0.2) is 4.79 Å². The molecule has 24 heavy (non-hydrogen) atoms. The van der Waals surface area contributed by atoms with Crippen molar-refractivity contribution in [3.63, 3.8) is 0 Å². The molecule has 1 heterocycles. The Bertz CT molecular complexity index is 498. The van der Waals surface area contributed by atoms with Crippen LogP contribution in [0.2, 0.25) is 0 Å². The lowest BCUT2D eigenvalue weighted by molar-refractivity contribution is 0.117. The number of nitrogens with zero attached hydrogens (tertiary/aromatic N) is 1. The van der Waals surface area contributed by atoms with Crippen molar-refractivity contribution in [2.75, 3.05) is 26.7 Å². The Morgan fingerprint density at radius 2 is 2.12 bits per heavy atom. The highest BCUT2D eigenvalue weighted by Gasteiger charge is 2.22. The molecular weight excluding hydrogens is 306 g/mol. The molecule has 1 saturated heterocycles. The molecule has 0 radical (unpaired) electrons. The SMILES string of the molecule is CN1CCCC1CCNC[C@H](O)[C@H](Cc1ccccc1)NC(=O)O. The molecule has 0 spiro atoms. The van der Waals surface area contributed by atoms with Crippen LogP contribution in [0.1, 0.15) is 24.8 Å². The summed E-state index contributed by atoms with van der Waals surface area (Å²) in [6.45, 7) is 2.38. The molecule has 1 aliphatic heterocycles. The van der Waals surface area contributed by atoms with E-state index in [1.54, 1.807) is 0 Å². The van der Waals surface area contributed by atoms with Crippen molar-refractivity contribution < 1.29 is 15.0 Å². The largest absolute Gasteiger partial charge is 0.465 e. The van der Waals surface area contributed by atoms with Crippen molar-refractivity contribution in [1.82, 2.24) is 15.5 Å². The van der Waals surface area contributed by atoms with E-state index >= 15 is 0 Å². The van der Waals surface area contributed by atoms with Gasteiger partial charge in [-0.05, 0) is 51.4 Å². The zero-order valence-electron chi connectivity index (χ0n) is 14.3. The van der Waals surface area contributed by atoms with Crippen LogP contribution < -0.4 is 10.6 Å². The van der Waals surface area contributed by atoms with Crippen LogP contribution >= 0.6 is 0 Å². The minimum absolute atomic E-state index is 0.383. The number of benzene rings is 1. The molecule has 1 aliphatic rings. The third kappa shape index (κ3) is 6.11. The number of hydrogen-bond donors (Lipinski definition) is 4. The number of nitrogens with one attached hydrogen (secondary N) is 2. The minimum Gasteiger partial charge on any atom is -0.465 e. The quantitative estimate of drug-likeness (QED) is 0.511. The molecule has 6 heteroatoms. The Hall–Kier alpha value is -1.63. The van der Waals surface area contributed by atoms with Gasteiger partial charge < -0.3 is 25.7 Å². The summed E-state index contributed by atoms with van der Waals surface area (Å²) in [7, 11) is 2.15. The molecule has 1 amide bonds. The maximum Gasteiger partial charge on any atom is 0.404 e. The molecule has 1 aromatic carbocycles. The third-order valence-corrected chi connectivity index (χ3v) is 4.75. The first-order valence-electron chi connectivity index (χ1n) is 8.68. The van der Waals surface area contributed by atoms with Gasteiger partial charge in [0.1, 0.15) is 0 Å². The van der Waals surface area contributed by atoms with E-state index in [4.69, 9.17) is 5.11 Å². The zero-order chi connectivity index (χ0) is 17.4. The number of aliphatic hydroxyl groups excluding tert-OH is 1. The summed E-state index contributed by atoms with van der Waals surface area (Å²) in [5.74, 6) is 0. The number of rotatable bonds is 9. The number of hydrogen-bond acceptors (Lipinski definition) is 4. The smallest absolute Gasteiger partial charge is 0.404 e. The molecule has 3 atom stereocenters. The Morgan fingerprint density at radius 1 is 1.38 bits per heavy atom. The van der Waals surface area contributed by atoms with Crippen LogP contribution in [0, 0.1) is 0 Å². The van der Waals surface area contributed by atoms with Gasteiger partial charge in [-0.2, -0.15) is 0 Å². The summed E-state index contributed by atoms with van der Waals surface area (Å²) in [5.41, 5.74) is 1.00. The second-order valence-electron chi connectivity index (χ2n) is 6.58. The fraction of sp³-hybridized carbons (Fsp3) is 0.611. The maximum absolute atomic E-state index is 11.0. The van der Waals surface area contributed by atoms with Crippen molar-refractivity contribution in [3.05, 3.63) is 35.9 Å². The first-order valence-corrected chi connectivity index (χ1v) is 8.68. The predicted octanol–water partition coefficient (Wildman–Crippen LogP) is 1.30. The third-order valence-electron chi connectivity index (χ3n) is 4.75. The lowest BCUT2D eigenvalue weighted by atomic mass is 10.0. The molecule has 0 bridgehead atoms. The van der Waals surface area contributed by atoms with Crippen LogP contribution in [-0.4, -0.2) is 66.1 Å². The molecule has 0 saturated carbocycles. The highest BCUT2D eigenvalue weighted by Crippen LogP contribution is 2.17. The predicted molar refractivity (Wildman–Crippen MR) is 94.2 cm³/mol. The molecule has 0 aromatic heterocycles. The summed E-state index contributed by atoms with van der Waals surface area (Å²) in [4.78, 5) is 13.4. The average molecular weight is 335 g/mol. The fourth-order valence-electron chi connectivity index (χ4n) is 3.31. The van der Waals surface area contributed by atoms with E-state index in [1.807, 2.05) is 30.3 Å². The van der Waals surface area contributed by atoms with E-state index < -0.39 is 18.2 Å². The lowest BCUT2D eigenvalue weighted by Crippen LogP contribution is -2.48. The van der Waals surface area contributed by atoms with E-state index in [-0.39, 0.29) is 0 Å². The number of amides is 1. The van der Waals surface area contributed by atoms with Gasteiger partial charge in [-0.15, -0.1) is 0 Å². The van der Waals surface area contributed by atoms with E-state index in [0.29, 0.717) is 19.0 Å². The van der Waals surface area contributed by atoms with E-state index in [0.717, 1.165) is 25.1 Å². The number of carboxylic acid groups (broad SMARTS) is 1. The minimum atomic E-state index is -1.11. The van der Waals surface area contributed by atoms with Gasteiger partial charge in [0.15, 0.2) is 0 Å². The summed E-state index contributed by atoms with van der Waals surface area (Å²) in [6.07, 6.45) is 2.15. The van der Waals surface area contributed by atoms with Crippen LogP contribution in [0.3, 0.4) is 0 Å². The van der Waals surface area contributed by atoms with Crippen molar-refractivity contribution in [1.29, 1.82) is 0 Å². The Morgan fingerprint density at radius 3 is 2.75 bits per heavy atom. The fourth-order valence-corrected chi connectivity index (χ4v) is 3.31. The van der Waals surface area contributed by atoms with Crippen LogP contribution in [0.4, 0.5) is 4.79 Å². The molecule has 4 N–H and O–H groups in total.